The number of halogens is 3. The van der Waals surface area contributed by atoms with Gasteiger partial charge >= 0.3 is 0 Å². The molecule has 1 heterocycles. The number of carbonyl (C=O) groups excluding carboxylic acids is 1. The lowest BCUT2D eigenvalue weighted by molar-refractivity contribution is 0.103. The molecule has 3 rings (SSSR count). The molecule has 0 saturated carbocycles. The molecular formula is C18H12Cl2FNO2S. The fourth-order valence-electron chi connectivity index (χ4n) is 2.03. The van der Waals surface area contributed by atoms with Crippen LogP contribution in [0.4, 0.5) is 10.1 Å². The van der Waals surface area contributed by atoms with Gasteiger partial charge in [0.05, 0.1) is 14.9 Å². The first-order valence-electron chi connectivity index (χ1n) is 7.23. The summed E-state index contributed by atoms with van der Waals surface area (Å²) < 4.78 is 18.4. The Morgan fingerprint density at radius 1 is 1.08 bits per heavy atom. The minimum Gasteiger partial charge on any atom is -0.489 e. The van der Waals surface area contributed by atoms with Gasteiger partial charge in [0, 0.05) is 11.3 Å². The first kappa shape index (κ1) is 17.7. The van der Waals surface area contributed by atoms with Crippen molar-refractivity contribution in [2.24, 2.45) is 0 Å². The maximum atomic E-state index is 12.9. The summed E-state index contributed by atoms with van der Waals surface area (Å²) in [5, 5.41) is 5.41. The van der Waals surface area contributed by atoms with E-state index in [0.717, 1.165) is 5.56 Å². The average molecular weight is 396 g/mol. The molecule has 0 unspecified atom stereocenters. The number of ether oxygens (including phenoxy) is 1. The van der Waals surface area contributed by atoms with E-state index in [0.29, 0.717) is 33.0 Å². The lowest BCUT2D eigenvalue weighted by Crippen LogP contribution is -2.10. The third-order valence-electron chi connectivity index (χ3n) is 3.27. The number of hydrogen-bond donors (Lipinski definition) is 1. The highest BCUT2D eigenvalue weighted by Crippen LogP contribution is 2.26. The Hall–Kier alpha value is -2.08. The van der Waals surface area contributed by atoms with Crippen LogP contribution < -0.4 is 10.1 Å². The molecule has 0 aliphatic carbocycles. The van der Waals surface area contributed by atoms with E-state index in [1.807, 2.05) is 5.38 Å². The molecule has 0 atom stereocenters. The fourth-order valence-corrected chi connectivity index (χ4v) is 3.12. The molecule has 25 heavy (non-hydrogen) atoms. The van der Waals surface area contributed by atoms with Crippen molar-refractivity contribution >= 4 is 46.1 Å². The maximum Gasteiger partial charge on any atom is 0.265 e. The number of rotatable bonds is 5. The average Bonchev–Trinajstić information content (AvgIpc) is 3.07. The predicted octanol–water partition coefficient (Wildman–Crippen LogP) is 6.03. The quantitative estimate of drug-likeness (QED) is 0.572. The van der Waals surface area contributed by atoms with Crippen molar-refractivity contribution in [3.63, 3.8) is 0 Å². The second-order valence-electron chi connectivity index (χ2n) is 5.14. The molecule has 3 nitrogen and oxygen atoms in total. The SMILES string of the molecule is O=C(Nc1ccc(Cl)c(Cl)c1)c1cc(COc2ccc(F)cc2)cs1. The second kappa shape index (κ2) is 7.87. The smallest absolute Gasteiger partial charge is 0.265 e. The van der Waals surface area contributed by atoms with Gasteiger partial charge < -0.3 is 10.1 Å². The van der Waals surface area contributed by atoms with Crippen LogP contribution in [0.2, 0.25) is 10.0 Å². The van der Waals surface area contributed by atoms with Gasteiger partial charge in [-0.05, 0) is 53.9 Å². The van der Waals surface area contributed by atoms with E-state index >= 15 is 0 Å². The minimum absolute atomic E-state index is 0.239. The minimum atomic E-state index is -0.316. The van der Waals surface area contributed by atoms with E-state index in [4.69, 9.17) is 27.9 Å². The first-order chi connectivity index (χ1) is 12.0. The van der Waals surface area contributed by atoms with Gasteiger partial charge in [-0.15, -0.1) is 11.3 Å². The van der Waals surface area contributed by atoms with Gasteiger partial charge in [0.2, 0.25) is 0 Å². The molecule has 128 valence electrons. The van der Waals surface area contributed by atoms with Crippen molar-refractivity contribution in [2.45, 2.75) is 6.61 Å². The first-order valence-corrected chi connectivity index (χ1v) is 8.87. The highest BCUT2D eigenvalue weighted by atomic mass is 35.5. The van der Waals surface area contributed by atoms with Gasteiger partial charge in [0.25, 0.3) is 5.91 Å². The van der Waals surface area contributed by atoms with Crippen molar-refractivity contribution < 1.29 is 13.9 Å². The van der Waals surface area contributed by atoms with E-state index < -0.39 is 0 Å². The zero-order chi connectivity index (χ0) is 17.8. The van der Waals surface area contributed by atoms with Gasteiger partial charge in [0.15, 0.2) is 0 Å². The number of hydrogen-bond acceptors (Lipinski definition) is 3. The standard InChI is InChI=1S/C18H12Cl2FNO2S/c19-15-6-3-13(8-16(15)20)22-18(23)17-7-11(10-25-17)9-24-14-4-1-12(21)2-5-14/h1-8,10H,9H2,(H,22,23). The zero-order valence-electron chi connectivity index (χ0n) is 12.8. The molecule has 1 amide bonds. The number of anilines is 1. The second-order valence-corrected chi connectivity index (χ2v) is 6.87. The third-order valence-corrected chi connectivity index (χ3v) is 4.99. The Labute approximate surface area is 158 Å². The Morgan fingerprint density at radius 2 is 1.84 bits per heavy atom. The Bertz CT molecular complexity index is 896. The molecule has 7 heteroatoms. The summed E-state index contributed by atoms with van der Waals surface area (Å²) in [7, 11) is 0. The van der Waals surface area contributed by atoms with Crippen LogP contribution in [0.25, 0.3) is 0 Å². The summed E-state index contributed by atoms with van der Waals surface area (Å²) in [5.41, 5.74) is 1.42. The number of thiophene rings is 1. The Kier molecular flexibility index (Phi) is 5.58. The molecule has 3 aromatic rings. The molecule has 1 N–H and O–H groups in total. The molecule has 0 spiro atoms. The van der Waals surface area contributed by atoms with Crippen LogP contribution in [0, 0.1) is 5.82 Å². The summed E-state index contributed by atoms with van der Waals surface area (Å²) in [6.07, 6.45) is 0. The van der Waals surface area contributed by atoms with Crippen LogP contribution in [-0.2, 0) is 6.61 Å². The normalized spacial score (nSPS) is 10.5. The molecule has 1 aromatic heterocycles. The fraction of sp³-hybridized carbons (Fsp3) is 0.0556. The van der Waals surface area contributed by atoms with Gasteiger partial charge in [-0.3, -0.25) is 4.79 Å². The van der Waals surface area contributed by atoms with Gasteiger partial charge in [-0.25, -0.2) is 4.39 Å². The topological polar surface area (TPSA) is 38.3 Å². The van der Waals surface area contributed by atoms with Gasteiger partial charge in [-0.1, -0.05) is 23.2 Å². The molecule has 0 bridgehead atoms. The molecule has 0 fully saturated rings. The largest absolute Gasteiger partial charge is 0.489 e. The van der Waals surface area contributed by atoms with Crippen molar-refractivity contribution in [3.8, 4) is 5.75 Å². The zero-order valence-corrected chi connectivity index (χ0v) is 15.1. The molecule has 0 saturated heterocycles. The van der Waals surface area contributed by atoms with Crippen LogP contribution in [-0.4, -0.2) is 5.91 Å². The number of amides is 1. The van der Waals surface area contributed by atoms with Crippen molar-refractivity contribution in [3.05, 3.63) is 80.2 Å². The van der Waals surface area contributed by atoms with E-state index in [2.05, 4.69) is 5.32 Å². The molecular weight excluding hydrogens is 384 g/mol. The van der Waals surface area contributed by atoms with Crippen LogP contribution in [0.15, 0.2) is 53.9 Å². The summed E-state index contributed by atoms with van der Waals surface area (Å²) in [5.74, 6) is 0.00923. The van der Waals surface area contributed by atoms with E-state index in [9.17, 15) is 9.18 Å². The molecule has 0 aliphatic heterocycles. The van der Waals surface area contributed by atoms with Crippen LogP contribution in [0.1, 0.15) is 15.2 Å². The molecule has 2 aromatic carbocycles. The summed E-state index contributed by atoms with van der Waals surface area (Å²) >= 11 is 13.1. The number of nitrogens with one attached hydrogen (secondary N) is 1. The Morgan fingerprint density at radius 3 is 2.56 bits per heavy atom. The van der Waals surface area contributed by atoms with E-state index in [-0.39, 0.29) is 11.7 Å². The van der Waals surface area contributed by atoms with E-state index in [1.54, 1.807) is 36.4 Å². The van der Waals surface area contributed by atoms with Crippen molar-refractivity contribution in [2.75, 3.05) is 5.32 Å². The van der Waals surface area contributed by atoms with Gasteiger partial charge in [-0.2, -0.15) is 0 Å². The highest BCUT2D eigenvalue weighted by Gasteiger charge is 2.11. The maximum absolute atomic E-state index is 12.9. The highest BCUT2D eigenvalue weighted by molar-refractivity contribution is 7.12. The summed E-state index contributed by atoms with van der Waals surface area (Å²) in [4.78, 5) is 12.8. The van der Waals surface area contributed by atoms with Gasteiger partial charge in [0.1, 0.15) is 18.2 Å². The van der Waals surface area contributed by atoms with Crippen LogP contribution in [0.3, 0.4) is 0 Å². The molecule has 0 aliphatic rings. The predicted molar refractivity (Wildman–Crippen MR) is 99.5 cm³/mol. The third kappa shape index (κ3) is 4.72. The number of benzene rings is 2. The molecule has 0 radical (unpaired) electrons. The summed E-state index contributed by atoms with van der Waals surface area (Å²) in [6.45, 7) is 0.294. The van der Waals surface area contributed by atoms with E-state index in [1.165, 1.54) is 23.5 Å². The van der Waals surface area contributed by atoms with Crippen LogP contribution in [0.5, 0.6) is 5.75 Å². The van der Waals surface area contributed by atoms with Crippen molar-refractivity contribution in [1.29, 1.82) is 0 Å². The van der Waals surface area contributed by atoms with Crippen LogP contribution >= 0.6 is 34.5 Å². The lowest BCUT2D eigenvalue weighted by atomic mass is 10.3. The number of carbonyl (C=O) groups is 1. The van der Waals surface area contributed by atoms with Crippen molar-refractivity contribution in [1.82, 2.24) is 0 Å². The summed E-state index contributed by atoms with van der Waals surface area (Å²) in [6, 6.07) is 12.4. The Balaban J connectivity index is 1.61. The lowest BCUT2D eigenvalue weighted by Gasteiger charge is -2.05. The monoisotopic (exact) mass is 395 g/mol.